The Morgan fingerprint density at radius 3 is 2.65 bits per heavy atom. The van der Waals surface area contributed by atoms with Crippen LogP contribution in [0.1, 0.15) is 25.7 Å². The lowest BCUT2D eigenvalue weighted by Gasteiger charge is -2.14. The molecule has 1 aliphatic rings. The number of unbranched alkanes of at least 4 members (excludes halogenated alkanes) is 1. The molecule has 1 fully saturated rings. The molecule has 0 bridgehead atoms. The lowest BCUT2D eigenvalue weighted by molar-refractivity contribution is 0.271. The predicted molar refractivity (Wildman–Crippen MR) is 66.8 cm³/mol. The van der Waals surface area contributed by atoms with Crippen LogP contribution in [0.5, 0.6) is 5.75 Å². The third kappa shape index (κ3) is 4.00. The number of benzene rings is 1. The summed E-state index contributed by atoms with van der Waals surface area (Å²) in [6.07, 6.45) is 4.80. The molecule has 1 heterocycles. The van der Waals surface area contributed by atoms with Crippen LogP contribution in [0.15, 0.2) is 24.3 Å². The van der Waals surface area contributed by atoms with Crippen LogP contribution in [0.2, 0.25) is 0 Å². The van der Waals surface area contributed by atoms with Gasteiger partial charge in [0.15, 0.2) is 11.6 Å². The number of rotatable bonds is 6. The third-order valence-electron chi connectivity index (χ3n) is 3.16. The third-order valence-corrected chi connectivity index (χ3v) is 3.16. The zero-order chi connectivity index (χ0) is 11.9. The van der Waals surface area contributed by atoms with E-state index in [1.165, 1.54) is 32.0 Å². The van der Waals surface area contributed by atoms with E-state index in [1.807, 2.05) is 0 Å². The molecule has 0 amide bonds. The molecular weight excluding hydrogens is 217 g/mol. The molecule has 1 saturated heterocycles. The van der Waals surface area contributed by atoms with Crippen molar-refractivity contribution in [1.29, 1.82) is 0 Å². The number of para-hydroxylation sites is 1. The van der Waals surface area contributed by atoms with Crippen LogP contribution in [-0.2, 0) is 0 Å². The molecule has 1 aromatic carbocycles. The molecule has 17 heavy (non-hydrogen) atoms. The fourth-order valence-electron chi connectivity index (χ4n) is 2.19. The molecule has 0 spiro atoms. The quantitative estimate of drug-likeness (QED) is 0.705. The molecule has 0 aliphatic carbocycles. The zero-order valence-electron chi connectivity index (χ0n) is 10.2. The van der Waals surface area contributed by atoms with E-state index in [0.717, 1.165) is 19.4 Å². The van der Waals surface area contributed by atoms with Crippen LogP contribution in [0.25, 0.3) is 0 Å². The minimum Gasteiger partial charge on any atom is -0.491 e. The van der Waals surface area contributed by atoms with E-state index in [-0.39, 0.29) is 5.82 Å². The molecule has 0 saturated carbocycles. The summed E-state index contributed by atoms with van der Waals surface area (Å²) in [5.41, 5.74) is 0. The fourth-order valence-corrected chi connectivity index (χ4v) is 2.19. The topological polar surface area (TPSA) is 12.5 Å². The lowest BCUT2D eigenvalue weighted by Crippen LogP contribution is -2.20. The molecule has 1 aromatic rings. The maximum absolute atomic E-state index is 13.2. The van der Waals surface area contributed by atoms with Crippen molar-refractivity contribution < 1.29 is 9.13 Å². The SMILES string of the molecule is Fc1ccccc1OCCCCN1CCCC1. The first-order chi connectivity index (χ1) is 8.36. The van der Waals surface area contributed by atoms with Crippen LogP contribution in [0.3, 0.4) is 0 Å². The van der Waals surface area contributed by atoms with Gasteiger partial charge in [0.2, 0.25) is 0 Å². The Balaban J connectivity index is 1.58. The van der Waals surface area contributed by atoms with Crippen LogP contribution < -0.4 is 4.74 Å². The molecule has 1 aliphatic heterocycles. The van der Waals surface area contributed by atoms with Gasteiger partial charge in [-0.15, -0.1) is 0 Å². The van der Waals surface area contributed by atoms with E-state index in [4.69, 9.17) is 4.74 Å². The molecule has 0 N–H and O–H groups in total. The van der Waals surface area contributed by atoms with Crippen molar-refractivity contribution in [3.63, 3.8) is 0 Å². The first kappa shape index (κ1) is 12.4. The van der Waals surface area contributed by atoms with Crippen molar-refractivity contribution in [2.24, 2.45) is 0 Å². The summed E-state index contributed by atoms with van der Waals surface area (Å²) < 4.78 is 18.6. The normalized spacial score (nSPS) is 16.3. The van der Waals surface area contributed by atoms with Gasteiger partial charge < -0.3 is 9.64 Å². The van der Waals surface area contributed by atoms with Gasteiger partial charge in [0.25, 0.3) is 0 Å². The van der Waals surface area contributed by atoms with Crippen molar-refractivity contribution in [1.82, 2.24) is 4.90 Å². The minimum atomic E-state index is -0.271. The summed E-state index contributed by atoms with van der Waals surface area (Å²) >= 11 is 0. The molecule has 0 aromatic heterocycles. The van der Waals surface area contributed by atoms with Gasteiger partial charge in [-0.05, 0) is 57.5 Å². The summed E-state index contributed by atoms with van der Waals surface area (Å²) in [6.45, 7) is 4.25. The Morgan fingerprint density at radius 1 is 1.12 bits per heavy atom. The van der Waals surface area contributed by atoms with Crippen molar-refractivity contribution >= 4 is 0 Å². The highest BCUT2D eigenvalue weighted by Gasteiger charge is 2.10. The first-order valence-electron chi connectivity index (χ1n) is 6.46. The van der Waals surface area contributed by atoms with Crippen LogP contribution >= 0.6 is 0 Å². The standard InChI is InChI=1S/C14H20FNO/c15-13-7-1-2-8-14(13)17-12-6-5-11-16-9-3-4-10-16/h1-2,7-8H,3-6,9-12H2. The van der Waals surface area contributed by atoms with Crippen LogP contribution in [0, 0.1) is 5.82 Å². The molecule has 94 valence electrons. The van der Waals surface area contributed by atoms with Crippen molar-refractivity contribution in [3.8, 4) is 5.75 Å². The first-order valence-corrected chi connectivity index (χ1v) is 6.46. The molecule has 0 unspecified atom stereocenters. The van der Waals surface area contributed by atoms with Crippen molar-refractivity contribution in [3.05, 3.63) is 30.1 Å². The number of likely N-dealkylation sites (tertiary alicyclic amines) is 1. The van der Waals surface area contributed by atoms with Gasteiger partial charge in [-0.25, -0.2) is 4.39 Å². The Morgan fingerprint density at radius 2 is 1.88 bits per heavy atom. The highest BCUT2D eigenvalue weighted by Crippen LogP contribution is 2.15. The van der Waals surface area contributed by atoms with Gasteiger partial charge in [-0.3, -0.25) is 0 Å². The number of nitrogens with zero attached hydrogens (tertiary/aromatic N) is 1. The summed E-state index contributed by atoms with van der Waals surface area (Å²) in [5, 5.41) is 0. The van der Waals surface area contributed by atoms with Gasteiger partial charge >= 0.3 is 0 Å². The van der Waals surface area contributed by atoms with E-state index in [9.17, 15) is 4.39 Å². The summed E-state index contributed by atoms with van der Waals surface area (Å²) in [7, 11) is 0. The van der Waals surface area contributed by atoms with Gasteiger partial charge in [0.1, 0.15) is 0 Å². The second-order valence-electron chi connectivity index (χ2n) is 4.53. The molecule has 0 atom stereocenters. The molecule has 0 radical (unpaired) electrons. The Kier molecular flexibility index (Phi) is 4.80. The fraction of sp³-hybridized carbons (Fsp3) is 0.571. The zero-order valence-corrected chi connectivity index (χ0v) is 10.2. The van der Waals surface area contributed by atoms with Gasteiger partial charge in [0, 0.05) is 0 Å². The predicted octanol–water partition coefficient (Wildman–Crippen LogP) is 3.08. The van der Waals surface area contributed by atoms with E-state index >= 15 is 0 Å². The van der Waals surface area contributed by atoms with E-state index < -0.39 is 0 Å². The van der Waals surface area contributed by atoms with Crippen LogP contribution in [0.4, 0.5) is 4.39 Å². The molecule has 3 heteroatoms. The van der Waals surface area contributed by atoms with Gasteiger partial charge in [-0.2, -0.15) is 0 Å². The highest BCUT2D eigenvalue weighted by atomic mass is 19.1. The minimum absolute atomic E-state index is 0.271. The average Bonchev–Trinajstić information content (AvgIpc) is 2.84. The number of ether oxygens (including phenoxy) is 1. The van der Waals surface area contributed by atoms with Gasteiger partial charge in [0.05, 0.1) is 6.61 Å². The average molecular weight is 237 g/mol. The van der Waals surface area contributed by atoms with Crippen molar-refractivity contribution in [2.75, 3.05) is 26.2 Å². The van der Waals surface area contributed by atoms with Crippen molar-refractivity contribution in [2.45, 2.75) is 25.7 Å². The Labute approximate surface area is 102 Å². The smallest absolute Gasteiger partial charge is 0.165 e. The number of hydrogen-bond donors (Lipinski definition) is 0. The summed E-state index contributed by atoms with van der Waals surface area (Å²) in [5.74, 6) is 0.0979. The largest absolute Gasteiger partial charge is 0.491 e. The Hall–Kier alpha value is -1.09. The molecule has 2 rings (SSSR count). The second kappa shape index (κ2) is 6.60. The van der Waals surface area contributed by atoms with E-state index in [0.29, 0.717) is 12.4 Å². The van der Waals surface area contributed by atoms with E-state index in [2.05, 4.69) is 4.90 Å². The maximum Gasteiger partial charge on any atom is 0.165 e. The molecular formula is C14H20FNO. The Bertz CT molecular complexity index is 337. The van der Waals surface area contributed by atoms with E-state index in [1.54, 1.807) is 18.2 Å². The lowest BCUT2D eigenvalue weighted by atomic mass is 10.3. The van der Waals surface area contributed by atoms with Crippen LogP contribution in [-0.4, -0.2) is 31.1 Å². The second-order valence-corrected chi connectivity index (χ2v) is 4.53. The maximum atomic E-state index is 13.2. The number of hydrogen-bond acceptors (Lipinski definition) is 2. The number of halogens is 1. The monoisotopic (exact) mass is 237 g/mol. The summed E-state index contributed by atoms with van der Waals surface area (Å²) in [4.78, 5) is 2.49. The molecule has 2 nitrogen and oxygen atoms in total. The summed E-state index contributed by atoms with van der Waals surface area (Å²) in [6, 6.07) is 6.58. The van der Waals surface area contributed by atoms with Gasteiger partial charge in [-0.1, -0.05) is 12.1 Å². The highest BCUT2D eigenvalue weighted by molar-refractivity contribution is 5.23.